The summed E-state index contributed by atoms with van der Waals surface area (Å²) in [7, 11) is 0. The SMILES string of the molecule is C/C(=N\OCc1ccc(C(F)(F)F)cc1)c1ccc(OC/C(N=N)=N/NCCO)cc1. The van der Waals surface area contributed by atoms with Crippen LogP contribution in [0.15, 0.2) is 63.9 Å². The van der Waals surface area contributed by atoms with Crippen molar-refractivity contribution in [2.24, 2.45) is 15.4 Å². The smallest absolute Gasteiger partial charge is 0.416 e. The van der Waals surface area contributed by atoms with E-state index < -0.39 is 11.7 Å². The highest BCUT2D eigenvalue weighted by Crippen LogP contribution is 2.29. The maximum Gasteiger partial charge on any atom is 0.416 e. The van der Waals surface area contributed by atoms with E-state index in [4.69, 9.17) is 20.2 Å². The number of alkyl halides is 3. The molecule has 0 aliphatic heterocycles. The Bertz CT molecular complexity index is 898. The molecule has 0 saturated heterocycles. The van der Waals surface area contributed by atoms with Crippen molar-refractivity contribution in [2.75, 3.05) is 19.8 Å². The van der Waals surface area contributed by atoms with Gasteiger partial charge in [0.2, 0.25) is 5.84 Å². The molecule has 166 valence electrons. The Morgan fingerprint density at radius 3 is 2.35 bits per heavy atom. The van der Waals surface area contributed by atoms with Gasteiger partial charge in [-0.25, -0.2) is 5.53 Å². The zero-order chi connectivity index (χ0) is 22.7. The number of hydrazone groups is 1. The van der Waals surface area contributed by atoms with Gasteiger partial charge in [-0.15, -0.1) is 5.11 Å². The fourth-order valence-electron chi connectivity index (χ4n) is 2.27. The number of nitrogens with one attached hydrogen (secondary N) is 2. The van der Waals surface area contributed by atoms with Crippen molar-refractivity contribution in [1.29, 1.82) is 5.53 Å². The van der Waals surface area contributed by atoms with Crippen LogP contribution in [-0.2, 0) is 17.6 Å². The molecule has 0 heterocycles. The lowest BCUT2D eigenvalue weighted by molar-refractivity contribution is -0.137. The second-order valence-corrected chi connectivity index (χ2v) is 6.23. The van der Waals surface area contributed by atoms with Gasteiger partial charge in [0.05, 0.1) is 24.4 Å². The van der Waals surface area contributed by atoms with Crippen molar-refractivity contribution in [3.8, 4) is 5.75 Å². The molecule has 0 spiro atoms. The number of halogens is 3. The van der Waals surface area contributed by atoms with Crippen molar-refractivity contribution in [3.05, 3.63) is 65.2 Å². The second-order valence-electron chi connectivity index (χ2n) is 6.23. The van der Waals surface area contributed by atoms with Crippen molar-refractivity contribution in [3.63, 3.8) is 0 Å². The van der Waals surface area contributed by atoms with Crippen LogP contribution in [0.2, 0.25) is 0 Å². The summed E-state index contributed by atoms with van der Waals surface area (Å²) < 4.78 is 43.2. The summed E-state index contributed by atoms with van der Waals surface area (Å²) in [5, 5.41) is 19.7. The number of ether oxygens (including phenoxy) is 1. The van der Waals surface area contributed by atoms with Crippen molar-refractivity contribution in [1.82, 2.24) is 5.43 Å². The number of hydrogen-bond donors (Lipinski definition) is 3. The summed E-state index contributed by atoms with van der Waals surface area (Å²) in [6, 6.07) is 11.6. The molecule has 0 amide bonds. The molecular weight excluding hydrogens is 415 g/mol. The summed E-state index contributed by atoms with van der Waals surface area (Å²) in [5.41, 5.74) is 10.8. The number of hydrogen-bond acceptors (Lipinski definition) is 7. The van der Waals surface area contributed by atoms with Crippen LogP contribution in [-0.4, -0.2) is 36.4 Å². The van der Waals surface area contributed by atoms with Gasteiger partial charge in [0.1, 0.15) is 12.4 Å². The molecule has 0 unspecified atom stereocenters. The molecule has 0 aliphatic rings. The molecule has 0 saturated carbocycles. The summed E-state index contributed by atoms with van der Waals surface area (Å²) in [5.74, 6) is 0.646. The summed E-state index contributed by atoms with van der Waals surface area (Å²) in [6.45, 7) is 1.91. The van der Waals surface area contributed by atoms with Crippen LogP contribution in [0.5, 0.6) is 5.75 Å². The number of amidine groups is 1. The van der Waals surface area contributed by atoms with Crippen molar-refractivity contribution in [2.45, 2.75) is 19.7 Å². The predicted molar refractivity (Wildman–Crippen MR) is 108 cm³/mol. The molecule has 3 N–H and O–H groups in total. The molecule has 8 nitrogen and oxygen atoms in total. The standard InChI is InChI=1S/C20H22F3N5O3/c1-14(28-31-12-15-2-6-17(7-3-15)20(21,22)23)16-4-8-18(9-5-16)30-13-19(26-24)27-25-10-11-29/h2-9,24-25,29H,10-13H2,1H3/b26-24?,27-19-,28-14+. The average Bonchev–Trinajstić information content (AvgIpc) is 2.76. The lowest BCUT2D eigenvalue weighted by atomic mass is 10.1. The first kappa shape index (κ1) is 23.8. The number of rotatable bonds is 10. The largest absolute Gasteiger partial charge is 0.485 e. The summed E-state index contributed by atoms with van der Waals surface area (Å²) in [6.07, 6.45) is -4.37. The van der Waals surface area contributed by atoms with Gasteiger partial charge in [-0.05, 0) is 54.4 Å². The van der Waals surface area contributed by atoms with Gasteiger partial charge < -0.3 is 20.1 Å². The Hall–Kier alpha value is -3.47. The van der Waals surface area contributed by atoms with E-state index in [9.17, 15) is 13.2 Å². The number of nitrogens with zero attached hydrogens (tertiary/aromatic N) is 3. The Balaban J connectivity index is 1.86. The minimum atomic E-state index is -4.37. The molecule has 11 heteroatoms. The van der Waals surface area contributed by atoms with Gasteiger partial charge in [-0.2, -0.15) is 18.3 Å². The highest BCUT2D eigenvalue weighted by Gasteiger charge is 2.29. The molecule has 0 atom stereocenters. The van der Waals surface area contributed by atoms with Gasteiger partial charge in [0.15, 0.2) is 6.61 Å². The van der Waals surface area contributed by atoms with E-state index in [1.807, 2.05) is 0 Å². The van der Waals surface area contributed by atoms with Crippen LogP contribution < -0.4 is 10.2 Å². The van der Waals surface area contributed by atoms with Crippen LogP contribution in [0.3, 0.4) is 0 Å². The van der Waals surface area contributed by atoms with E-state index in [1.165, 1.54) is 12.1 Å². The third kappa shape index (κ3) is 8.05. The highest BCUT2D eigenvalue weighted by atomic mass is 19.4. The molecule has 31 heavy (non-hydrogen) atoms. The topological polar surface area (TPSA) is 112 Å². The van der Waals surface area contributed by atoms with Gasteiger partial charge in [-0.1, -0.05) is 17.3 Å². The minimum Gasteiger partial charge on any atom is -0.485 e. The fraction of sp³-hybridized carbons (Fsp3) is 0.300. The van der Waals surface area contributed by atoms with Gasteiger partial charge in [0.25, 0.3) is 0 Å². The summed E-state index contributed by atoms with van der Waals surface area (Å²) in [4.78, 5) is 5.23. The molecule has 0 bridgehead atoms. The molecule has 0 radical (unpaired) electrons. The van der Waals surface area contributed by atoms with Gasteiger partial charge in [0, 0.05) is 0 Å². The van der Waals surface area contributed by atoms with E-state index in [0.29, 0.717) is 17.0 Å². The van der Waals surface area contributed by atoms with Gasteiger partial charge in [-0.3, -0.25) is 0 Å². The first-order chi connectivity index (χ1) is 14.8. The number of aliphatic hydroxyl groups is 1. The fourth-order valence-corrected chi connectivity index (χ4v) is 2.27. The van der Waals surface area contributed by atoms with E-state index in [-0.39, 0.29) is 32.2 Å². The molecule has 2 rings (SSSR count). The monoisotopic (exact) mass is 437 g/mol. The first-order valence-electron chi connectivity index (χ1n) is 9.17. The third-order valence-electron chi connectivity index (χ3n) is 3.91. The Morgan fingerprint density at radius 2 is 1.77 bits per heavy atom. The van der Waals surface area contributed by atoms with Crippen LogP contribution in [0, 0.1) is 5.53 Å². The quantitative estimate of drug-likeness (QED) is 0.172. The molecule has 0 fully saturated rings. The maximum absolute atomic E-state index is 12.6. The minimum absolute atomic E-state index is 0.0232. The lowest BCUT2D eigenvalue weighted by Crippen LogP contribution is -2.17. The van der Waals surface area contributed by atoms with E-state index in [1.54, 1.807) is 31.2 Å². The zero-order valence-corrected chi connectivity index (χ0v) is 16.7. The van der Waals surface area contributed by atoms with E-state index in [0.717, 1.165) is 17.7 Å². The molecule has 0 aromatic heterocycles. The number of benzene rings is 2. The summed E-state index contributed by atoms with van der Waals surface area (Å²) >= 11 is 0. The maximum atomic E-state index is 12.6. The molecule has 2 aromatic carbocycles. The lowest BCUT2D eigenvalue weighted by Gasteiger charge is -2.08. The second kappa shape index (κ2) is 11.6. The van der Waals surface area contributed by atoms with E-state index in [2.05, 4.69) is 20.8 Å². The normalized spacial score (nSPS) is 12.4. The predicted octanol–water partition coefficient (Wildman–Crippen LogP) is 3.95. The van der Waals surface area contributed by atoms with Crippen molar-refractivity contribution >= 4 is 11.5 Å². The van der Waals surface area contributed by atoms with Crippen molar-refractivity contribution < 1.29 is 27.9 Å². The van der Waals surface area contributed by atoms with Crippen LogP contribution in [0.4, 0.5) is 13.2 Å². The Labute approximate surface area is 176 Å². The highest BCUT2D eigenvalue weighted by molar-refractivity contribution is 5.98. The van der Waals surface area contributed by atoms with Gasteiger partial charge >= 0.3 is 6.18 Å². The number of aliphatic hydroxyl groups excluding tert-OH is 1. The first-order valence-corrected chi connectivity index (χ1v) is 9.17. The van der Waals surface area contributed by atoms with Crippen LogP contribution in [0.25, 0.3) is 0 Å². The van der Waals surface area contributed by atoms with Crippen LogP contribution >= 0.6 is 0 Å². The Kier molecular flexibility index (Phi) is 8.94. The molecule has 0 aliphatic carbocycles. The van der Waals surface area contributed by atoms with E-state index >= 15 is 0 Å². The average molecular weight is 437 g/mol. The Morgan fingerprint density at radius 1 is 1.10 bits per heavy atom. The van der Waals surface area contributed by atoms with Crippen LogP contribution in [0.1, 0.15) is 23.6 Å². The number of oxime groups is 1. The molecule has 2 aromatic rings. The zero-order valence-electron chi connectivity index (χ0n) is 16.7. The molecular formula is C20H22F3N5O3. The third-order valence-corrected chi connectivity index (χ3v) is 3.91.